The van der Waals surface area contributed by atoms with E-state index in [4.69, 9.17) is 9.84 Å². The fraction of sp³-hybridized carbons (Fsp3) is 0.571. The lowest BCUT2D eigenvalue weighted by Gasteiger charge is -2.32. The van der Waals surface area contributed by atoms with Crippen molar-refractivity contribution in [2.45, 2.75) is 19.1 Å². The smallest absolute Gasteiger partial charge is 0.0933 e. The molecular formula is C14H21ClN2O2. The van der Waals surface area contributed by atoms with Crippen LogP contribution in [0.1, 0.15) is 11.1 Å². The molecule has 1 aromatic carbocycles. The van der Waals surface area contributed by atoms with Crippen LogP contribution in [-0.4, -0.2) is 49.0 Å². The van der Waals surface area contributed by atoms with Gasteiger partial charge in [-0.25, -0.2) is 0 Å². The second kappa shape index (κ2) is 6.57. The maximum Gasteiger partial charge on any atom is 0.0933 e. The average Bonchev–Trinajstić information content (AvgIpc) is 2.88. The number of hydrogen-bond donors (Lipinski definition) is 2. The van der Waals surface area contributed by atoms with Crippen molar-refractivity contribution in [3.8, 4) is 0 Å². The molecule has 1 saturated heterocycles. The van der Waals surface area contributed by atoms with Gasteiger partial charge in [-0.1, -0.05) is 18.2 Å². The number of morpholine rings is 1. The normalized spacial score (nSPS) is 22.5. The molecule has 2 heterocycles. The average molecular weight is 285 g/mol. The van der Waals surface area contributed by atoms with E-state index in [1.165, 1.54) is 16.8 Å². The Bertz CT molecular complexity index is 428. The van der Waals surface area contributed by atoms with E-state index >= 15 is 0 Å². The summed E-state index contributed by atoms with van der Waals surface area (Å²) in [4.78, 5) is 2.36. The minimum Gasteiger partial charge on any atom is -0.394 e. The van der Waals surface area contributed by atoms with Gasteiger partial charge in [0, 0.05) is 31.9 Å². The van der Waals surface area contributed by atoms with Crippen LogP contribution in [0.25, 0.3) is 0 Å². The number of anilines is 1. The van der Waals surface area contributed by atoms with Crippen molar-refractivity contribution in [3.63, 3.8) is 0 Å². The minimum absolute atomic E-state index is 0. The van der Waals surface area contributed by atoms with Gasteiger partial charge in [0.15, 0.2) is 0 Å². The Morgan fingerprint density at radius 1 is 1.42 bits per heavy atom. The summed E-state index contributed by atoms with van der Waals surface area (Å²) < 4.78 is 5.48. The van der Waals surface area contributed by atoms with E-state index in [9.17, 15) is 0 Å². The maximum absolute atomic E-state index is 9.17. The second-order valence-corrected chi connectivity index (χ2v) is 5.04. The highest BCUT2D eigenvalue weighted by Crippen LogP contribution is 2.27. The van der Waals surface area contributed by atoms with E-state index < -0.39 is 0 Å². The van der Waals surface area contributed by atoms with Crippen LogP contribution < -0.4 is 5.32 Å². The molecule has 0 saturated carbocycles. The molecule has 2 aliphatic heterocycles. The summed E-state index contributed by atoms with van der Waals surface area (Å²) in [6.07, 6.45) is 1.11. The molecule has 1 aromatic rings. The first-order valence-corrected chi connectivity index (χ1v) is 6.66. The second-order valence-electron chi connectivity index (χ2n) is 5.04. The van der Waals surface area contributed by atoms with Crippen molar-refractivity contribution in [2.24, 2.45) is 0 Å². The molecule has 3 rings (SSSR count). The number of aliphatic hydroxyl groups is 1. The monoisotopic (exact) mass is 284 g/mol. The van der Waals surface area contributed by atoms with E-state index in [0.717, 1.165) is 32.6 Å². The van der Waals surface area contributed by atoms with Crippen LogP contribution in [0, 0.1) is 0 Å². The van der Waals surface area contributed by atoms with Gasteiger partial charge in [-0.15, -0.1) is 12.4 Å². The quantitative estimate of drug-likeness (QED) is 0.877. The van der Waals surface area contributed by atoms with Crippen LogP contribution in [0.5, 0.6) is 0 Å². The molecule has 0 aliphatic carbocycles. The minimum atomic E-state index is -0.0246. The van der Waals surface area contributed by atoms with E-state index in [1.54, 1.807) is 0 Å². The predicted octanol–water partition coefficient (Wildman–Crippen LogP) is 1.27. The molecule has 2 N–H and O–H groups in total. The summed E-state index contributed by atoms with van der Waals surface area (Å²) >= 11 is 0. The van der Waals surface area contributed by atoms with Crippen LogP contribution in [0.2, 0.25) is 0 Å². The van der Waals surface area contributed by atoms with Gasteiger partial charge in [-0.2, -0.15) is 0 Å². The highest BCUT2D eigenvalue weighted by molar-refractivity contribution is 5.85. The van der Waals surface area contributed by atoms with E-state index in [-0.39, 0.29) is 25.1 Å². The van der Waals surface area contributed by atoms with Crippen molar-refractivity contribution < 1.29 is 9.84 Å². The van der Waals surface area contributed by atoms with Gasteiger partial charge in [0.25, 0.3) is 0 Å². The first-order valence-electron chi connectivity index (χ1n) is 6.66. The molecule has 106 valence electrons. The molecule has 0 bridgehead atoms. The number of para-hydroxylation sites is 1. The fourth-order valence-corrected chi connectivity index (χ4v) is 2.82. The molecule has 4 nitrogen and oxygen atoms in total. The molecule has 2 aliphatic rings. The van der Waals surface area contributed by atoms with Crippen LogP contribution in [0.3, 0.4) is 0 Å². The van der Waals surface area contributed by atoms with Crippen molar-refractivity contribution in [1.29, 1.82) is 0 Å². The molecule has 1 unspecified atom stereocenters. The van der Waals surface area contributed by atoms with Gasteiger partial charge < -0.3 is 15.2 Å². The topological polar surface area (TPSA) is 44.7 Å². The lowest BCUT2D eigenvalue weighted by Crippen LogP contribution is -2.43. The number of ether oxygens (including phenoxy) is 1. The Morgan fingerprint density at radius 3 is 3.16 bits per heavy atom. The summed E-state index contributed by atoms with van der Waals surface area (Å²) in [6, 6.07) is 6.54. The number of rotatable bonds is 3. The van der Waals surface area contributed by atoms with Crippen LogP contribution in [0.4, 0.5) is 5.69 Å². The molecule has 5 heteroatoms. The van der Waals surface area contributed by atoms with Crippen molar-refractivity contribution in [2.75, 3.05) is 38.2 Å². The lowest BCUT2D eigenvalue weighted by atomic mass is 10.1. The van der Waals surface area contributed by atoms with Crippen molar-refractivity contribution in [3.05, 3.63) is 29.3 Å². The standard InChI is InChI=1S/C14H20N2O2.ClH/c17-10-13-9-16(6-7-18-13)8-12-3-1-2-11-4-5-15-14(11)12;/h1-3,13,15,17H,4-10H2;1H. The lowest BCUT2D eigenvalue weighted by molar-refractivity contribution is -0.0550. The zero-order chi connectivity index (χ0) is 12.4. The predicted molar refractivity (Wildman–Crippen MR) is 78.0 cm³/mol. The molecule has 1 fully saturated rings. The van der Waals surface area contributed by atoms with Gasteiger partial charge in [0.05, 0.1) is 19.3 Å². The van der Waals surface area contributed by atoms with Gasteiger partial charge >= 0.3 is 0 Å². The number of nitrogens with one attached hydrogen (secondary N) is 1. The molecule has 0 aromatic heterocycles. The summed E-state index contributed by atoms with van der Waals surface area (Å²) in [5.41, 5.74) is 4.12. The Labute approximate surface area is 120 Å². The maximum atomic E-state index is 9.17. The Morgan fingerprint density at radius 2 is 2.32 bits per heavy atom. The van der Waals surface area contributed by atoms with Crippen LogP contribution >= 0.6 is 12.4 Å². The Hall–Kier alpha value is -0.810. The summed E-state index contributed by atoms with van der Waals surface area (Å²) in [6.45, 7) is 4.58. The number of benzene rings is 1. The molecule has 19 heavy (non-hydrogen) atoms. The van der Waals surface area contributed by atoms with Crippen molar-refractivity contribution in [1.82, 2.24) is 4.90 Å². The molecule has 0 spiro atoms. The SMILES string of the molecule is Cl.OCC1CN(Cc2cccc3c2NCC3)CCO1. The molecule has 0 radical (unpaired) electrons. The first-order chi connectivity index (χ1) is 8.86. The fourth-order valence-electron chi connectivity index (χ4n) is 2.82. The zero-order valence-electron chi connectivity index (χ0n) is 11.0. The number of halogens is 1. The van der Waals surface area contributed by atoms with Crippen molar-refractivity contribution >= 4 is 18.1 Å². The molecular weight excluding hydrogens is 264 g/mol. The number of aliphatic hydroxyl groups excluding tert-OH is 1. The third-order valence-electron chi connectivity index (χ3n) is 3.75. The highest BCUT2D eigenvalue weighted by atomic mass is 35.5. The van der Waals surface area contributed by atoms with Crippen LogP contribution in [-0.2, 0) is 17.7 Å². The van der Waals surface area contributed by atoms with Gasteiger partial charge in [0.2, 0.25) is 0 Å². The third kappa shape index (κ3) is 3.20. The largest absolute Gasteiger partial charge is 0.394 e. The Kier molecular flexibility index (Phi) is 5.05. The number of fused-ring (bicyclic) bond motifs is 1. The van der Waals surface area contributed by atoms with Gasteiger partial charge in [-0.05, 0) is 17.5 Å². The summed E-state index contributed by atoms with van der Waals surface area (Å²) in [5.74, 6) is 0. The van der Waals surface area contributed by atoms with E-state index in [1.807, 2.05) is 0 Å². The summed E-state index contributed by atoms with van der Waals surface area (Å²) in [5, 5.41) is 12.6. The van der Waals surface area contributed by atoms with Gasteiger partial charge in [-0.3, -0.25) is 4.90 Å². The summed E-state index contributed by atoms with van der Waals surface area (Å²) in [7, 11) is 0. The number of hydrogen-bond acceptors (Lipinski definition) is 4. The number of nitrogens with zero attached hydrogens (tertiary/aromatic N) is 1. The van der Waals surface area contributed by atoms with Crippen LogP contribution in [0.15, 0.2) is 18.2 Å². The Balaban J connectivity index is 0.00000133. The zero-order valence-corrected chi connectivity index (χ0v) is 11.8. The highest BCUT2D eigenvalue weighted by Gasteiger charge is 2.21. The molecule has 0 amide bonds. The first kappa shape index (κ1) is 14.6. The molecule has 1 atom stereocenters. The third-order valence-corrected chi connectivity index (χ3v) is 3.75. The van der Waals surface area contributed by atoms with Gasteiger partial charge in [0.1, 0.15) is 0 Å². The van der Waals surface area contributed by atoms with E-state index in [2.05, 4.69) is 28.4 Å². The van der Waals surface area contributed by atoms with E-state index in [0.29, 0.717) is 6.61 Å².